The van der Waals surface area contributed by atoms with Gasteiger partial charge in [0.2, 0.25) is 5.91 Å². The maximum atomic E-state index is 13.2. The third kappa shape index (κ3) is 5.02. The lowest BCUT2D eigenvalue weighted by molar-refractivity contribution is -0.131. The molecular formula is C28H25F2N3O4. The number of carboxylic acid groups (broad SMARTS) is 1. The second-order valence-corrected chi connectivity index (χ2v) is 9.11. The largest absolute Gasteiger partial charge is 0.478 e. The van der Waals surface area contributed by atoms with E-state index in [1.165, 1.54) is 12.1 Å². The molecular weight excluding hydrogens is 480 g/mol. The fourth-order valence-electron chi connectivity index (χ4n) is 5.01. The zero-order valence-corrected chi connectivity index (χ0v) is 20.2. The van der Waals surface area contributed by atoms with Crippen molar-refractivity contribution in [3.8, 4) is 5.75 Å². The van der Waals surface area contributed by atoms with Crippen LogP contribution in [0.25, 0.3) is 11.0 Å². The average Bonchev–Trinajstić information content (AvgIpc) is 3.16. The molecule has 7 nitrogen and oxygen atoms in total. The number of carboxylic acids is 1. The predicted octanol–water partition coefficient (Wildman–Crippen LogP) is 4.82. The van der Waals surface area contributed by atoms with Crippen LogP contribution in [0, 0.1) is 6.92 Å². The van der Waals surface area contributed by atoms with Crippen molar-refractivity contribution in [3.05, 3.63) is 94.3 Å². The first-order chi connectivity index (χ1) is 17.8. The van der Waals surface area contributed by atoms with Crippen LogP contribution in [0.3, 0.4) is 0 Å². The summed E-state index contributed by atoms with van der Waals surface area (Å²) in [5, 5.41) is 10.3. The number of carbonyl (C=O) groups is 2. The van der Waals surface area contributed by atoms with E-state index in [2.05, 4.69) is 9.72 Å². The minimum atomic E-state index is -2.90. The van der Waals surface area contributed by atoms with Crippen molar-refractivity contribution >= 4 is 22.9 Å². The third-order valence-corrected chi connectivity index (χ3v) is 6.71. The SMILES string of the molecule is Cc1cc(CC(=O)N2CCc3c(n(Cc4cccc(OC(F)F)c4)c4ncccc34)C2)ccc1C(=O)O. The van der Waals surface area contributed by atoms with Gasteiger partial charge in [-0.25, -0.2) is 9.78 Å². The number of ether oxygens (including phenoxy) is 1. The van der Waals surface area contributed by atoms with Gasteiger partial charge in [0.15, 0.2) is 0 Å². The normalized spacial score (nSPS) is 13.1. The second-order valence-electron chi connectivity index (χ2n) is 9.11. The molecule has 2 aromatic heterocycles. The maximum absolute atomic E-state index is 13.2. The summed E-state index contributed by atoms with van der Waals surface area (Å²) in [6.45, 7) is 0.160. The van der Waals surface area contributed by atoms with Crippen molar-refractivity contribution in [2.75, 3.05) is 6.54 Å². The number of pyridine rings is 1. The fraction of sp³-hybridized carbons (Fsp3) is 0.250. The summed E-state index contributed by atoms with van der Waals surface area (Å²) in [6.07, 6.45) is 2.55. The highest BCUT2D eigenvalue weighted by atomic mass is 19.3. The number of fused-ring (bicyclic) bond motifs is 3. The summed E-state index contributed by atoms with van der Waals surface area (Å²) in [7, 11) is 0. The number of amides is 1. The molecule has 0 unspecified atom stereocenters. The number of aromatic carboxylic acids is 1. The Labute approximate surface area is 211 Å². The standard InChI is InChI=1S/C28H25F2N3O4/c1-17-12-18(7-8-21(17)27(35)36)14-25(34)32-11-9-22-23-6-3-10-31-26(23)33(24(22)16-32)15-19-4-2-5-20(13-19)37-28(29)30/h2-8,10,12-13,28H,9,11,14-16H2,1H3,(H,35,36). The smallest absolute Gasteiger partial charge is 0.387 e. The van der Waals surface area contributed by atoms with Crippen molar-refractivity contribution < 1.29 is 28.2 Å². The molecule has 37 heavy (non-hydrogen) atoms. The molecule has 2 aromatic carbocycles. The number of aryl methyl sites for hydroxylation is 1. The van der Waals surface area contributed by atoms with Gasteiger partial charge in [0.1, 0.15) is 11.4 Å². The van der Waals surface area contributed by atoms with E-state index in [1.54, 1.807) is 42.3 Å². The third-order valence-electron chi connectivity index (χ3n) is 6.71. The monoisotopic (exact) mass is 505 g/mol. The van der Waals surface area contributed by atoms with E-state index >= 15 is 0 Å². The van der Waals surface area contributed by atoms with Crippen molar-refractivity contribution in [2.24, 2.45) is 0 Å². The van der Waals surface area contributed by atoms with E-state index in [0.29, 0.717) is 31.6 Å². The summed E-state index contributed by atoms with van der Waals surface area (Å²) < 4.78 is 32.0. The van der Waals surface area contributed by atoms with Gasteiger partial charge < -0.3 is 19.3 Å². The van der Waals surface area contributed by atoms with E-state index in [4.69, 9.17) is 0 Å². The van der Waals surface area contributed by atoms with Gasteiger partial charge in [0, 0.05) is 30.4 Å². The van der Waals surface area contributed by atoms with E-state index in [0.717, 1.165) is 33.4 Å². The van der Waals surface area contributed by atoms with E-state index in [9.17, 15) is 23.5 Å². The quantitative estimate of drug-likeness (QED) is 0.389. The second kappa shape index (κ2) is 10.0. The summed E-state index contributed by atoms with van der Waals surface area (Å²) in [6, 6.07) is 15.4. The molecule has 9 heteroatoms. The summed E-state index contributed by atoms with van der Waals surface area (Å²) >= 11 is 0. The number of aromatic nitrogens is 2. The van der Waals surface area contributed by atoms with Crippen LogP contribution >= 0.6 is 0 Å². The molecule has 0 bridgehead atoms. The number of alkyl halides is 2. The van der Waals surface area contributed by atoms with Gasteiger partial charge in [-0.15, -0.1) is 0 Å². The van der Waals surface area contributed by atoms with Gasteiger partial charge in [0.25, 0.3) is 0 Å². The topological polar surface area (TPSA) is 84.7 Å². The Kier molecular flexibility index (Phi) is 6.60. The maximum Gasteiger partial charge on any atom is 0.387 e. The molecule has 1 amide bonds. The molecule has 5 rings (SSSR count). The Hall–Kier alpha value is -4.27. The highest BCUT2D eigenvalue weighted by Crippen LogP contribution is 2.31. The van der Waals surface area contributed by atoms with Crippen molar-refractivity contribution in [3.63, 3.8) is 0 Å². The minimum Gasteiger partial charge on any atom is -0.478 e. The molecule has 4 aromatic rings. The Morgan fingerprint density at radius 2 is 1.95 bits per heavy atom. The molecule has 0 fully saturated rings. The zero-order chi connectivity index (χ0) is 26.1. The number of hydrogen-bond donors (Lipinski definition) is 1. The molecule has 0 radical (unpaired) electrons. The van der Waals surface area contributed by atoms with Gasteiger partial charge in [-0.3, -0.25) is 4.79 Å². The summed E-state index contributed by atoms with van der Waals surface area (Å²) in [4.78, 5) is 30.9. The summed E-state index contributed by atoms with van der Waals surface area (Å²) in [5.41, 5.74) is 5.25. The highest BCUT2D eigenvalue weighted by molar-refractivity contribution is 5.89. The van der Waals surface area contributed by atoms with E-state index in [1.807, 2.05) is 22.8 Å². The van der Waals surface area contributed by atoms with Crippen LogP contribution in [0.2, 0.25) is 0 Å². The van der Waals surface area contributed by atoms with Gasteiger partial charge in [-0.05, 0) is 65.9 Å². The number of nitrogens with zero attached hydrogens (tertiary/aromatic N) is 3. The Bertz CT molecular complexity index is 1500. The zero-order valence-electron chi connectivity index (χ0n) is 20.2. The van der Waals surface area contributed by atoms with E-state index < -0.39 is 12.6 Å². The van der Waals surface area contributed by atoms with Crippen molar-refractivity contribution in [1.29, 1.82) is 0 Å². The number of hydrogen-bond acceptors (Lipinski definition) is 4. The number of rotatable bonds is 7. The molecule has 0 saturated heterocycles. The molecule has 0 saturated carbocycles. The predicted molar refractivity (Wildman–Crippen MR) is 133 cm³/mol. The minimum absolute atomic E-state index is 0.0507. The van der Waals surface area contributed by atoms with Gasteiger partial charge in [-0.1, -0.05) is 24.3 Å². The van der Waals surface area contributed by atoms with Crippen LogP contribution in [-0.4, -0.2) is 44.6 Å². The van der Waals surface area contributed by atoms with Crippen LogP contribution in [-0.2, 0) is 30.7 Å². The first-order valence-electron chi connectivity index (χ1n) is 11.9. The molecule has 1 aliphatic rings. The lowest BCUT2D eigenvalue weighted by Gasteiger charge is -2.29. The molecule has 0 atom stereocenters. The van der Waals surface area contributed by atoms with Crippen LogP contribution in [0.5, 0.6) is 5.75 Å². The first kappa shape index (κ1) is 24.4. The van der Waals surface area contributed by atoms with Crippen LogP contribution < -0.4 is 4.74 Å². The fourth-order valence-corrected chi connectivity index (χ4v) is 5.01. The summed E-state index contributed by atoms with van der Waals surface area (Å²) in [5.74, 6) is -0.955. The van der Waals surface area contributed by atoms with Crippen molar-refractivity contribution in [2.45, 2.75) is 39.5 Å². The molecule has 0 spiro atoms. The van der Waals surface area contributed by atoms with Crippen LogP contribution in [0.15, 0.2) is 60.8 Å². The highest BCUT2D eigenvalue weighted by Gasteiger charge is 2.27. The molecule has 1 aliphatic heterocycles. The molecule has 0 aliphatic carbocycles. The number of benzene rings is 2. The lowest BCUT2D eigenvalue weighted by atomic mass is 10.0. The first-order valence-corrected chi connectivity index (χ1v) is 11.9. The molecule has 3 heterocycles. The van der Waals surface area contributed by atoms with Crippen LogP contribution in [0.4, 0.5) is 8.78 Å². The van der Waals surface area contributed by atoms with Gasteiger partial charge in [-0.2, -0.15) is 8.78 Å². The molecule has 190 valence electrons. The Morgan fingerprint density at radius 1 is 1.11 bits per heavy atom. The molecule has 1 N–H and O–H groups in total. The number of carbonyl (C=O) groups excluding carboxylic acids is 1. The van der Waals surface area contributed by atoms with Crippen molar-refractivity contribution in [1.82, 2.24) is 14.5 Å². The number of halogens is 2. The van der Waals surface area contributed by atoms with Crippen LogP contribution in [0.1, 0.15) is 38.3 Å². The lowest BCUT2D eigenvalue weighted by Crippen LogP contribution is -2.37. The van der Waals surface area contributed by atoms with Gasteiger partial charge >= 0.3 is 12.6 Å². The van der Waals surface area contributed by atoms with Gasteiger partial charge in [0.05, 0.1) is 18.5 Å². The Morgan fingerprint density at radius 3 is 2.70 bits per heavy atom. The Balaban J connectivity index is 1.42. The van der Waals surface area contributed by atoms with E-state index in [-0.39, 0.29) is 23.6 Å². The average molecular weight is 506 g/mol.